The first-order chi connectivity index (χ1) is 11.0. The summed E-state index contributed by atoms with van der Waals surface area (Å²) in [5.74, 6) is 1.00. The summed E-state index contributed by atoms with van der Waals surface area (Å²) in [5.41, 5.74) is -0.444. The summed E-state index contributed by atoms with van der Waals surface area (Å²) in [6.07, 6.45) is 3.88. The molecular weight excluding hydrogens is 417 g/mol. The Morgan fingerprint density at radius 3 is 2.46 bits per heavy atom. The van der Waals surface area contributed by atoms with E-state index >= 15 is 0 Å². The fourth-order valence-corrected chi connectivity index (χ4v) is 3.45. The molecule has 2 N–H and O–H groups in total. The average Bonchev–Trinajstić information content (AvgIpc) is 3.19. The molecule has 2 aliphatic rings. The zero-order valence-electron chi connectivity index (χ0n) is 15.6. The van der Waals surface area contributed by atoms with Crippen LogP contribution in [-0.4, -0.2) is 74.0 Å². The van der Waals surface area contributed by atoms with Gasteiger partial charge in [-0.1, -0.05) is 0 Å². The van der Waals surface area contributed by atoms with Gasteiger partial charge in [0.1, 0.15) is 0 Å². The maximum absolute atomic E-state index is 12.1. The largest absolute Gasteiger partial charge is 0.356 e. The molecule has 140 valence electrons. The second kappa shape index (κ2) is 9.79. The number of halogens is 1. The monoisotopic (exact) mass is 451 g/mol. The molecule has 1 atom stereocenters. The number of nitrogens with one attached hydrogen (secondary N) is 2. The molecule has 2 saturated heterocycles. The van der Waals surface area contributed by atoms with E-state index in [2.05, 4.69) is 25.4 Å². The molecule has 0 saturated carbocycles. The number of hydrogen-bond donors (Lipinski definition) is 2. The van der Waals surface area contributed by atoms with Crippen LogP contribution in [0.5, 0.6) is 0 Å². The van der Waals surface area contributed by atoms with Gasteiger partial charge in [0.05, 0.1) is 5.41 Å². The topological polar surface area (TPSA) is 60.0 Å². The molecule has 0 aromatic carbocycles. The van der Waals surface area contributed by atoms with Crippen molar-refractivity contribution < 1.29 is 4.79 Å². The van der Waals surface area contributed by atoms with E-state index < -0.39 is 5.41 Å². The second-order valence-corrected chi connectivity index (χ2v) is 7.28. The summed E-state index contributed by atoms with van der Waals surface area (Å²) in [4.78, 5) is 21.5. The average molecular weight is 451 g/mol. The molecule has 0 bridgehead atoms. The Balaban J connectivity index is 0.00000288. The Bertz CT molecular complexity index is 435. The molecule has 1 unspecified atom stereocenters. The lowest BCUT2D eigenvalue weighted by Gasteiger charge is -2.28. The number of likely N-dealkylation sites (tertiary alicyclic amines) is 2. The van der Waals surface area contributed by atoms with E-state index in [1.807, 2.05) is 27.8 Å². The minimum absolute atomic E-state index is 0. The van der Waals surface area contributed by atoms with Crippen LogP contribution in [0.4, 0.5) is 0 Å². The Morgan fingerprint density at radius 1 is 1.21 bits per heavy atom. The van der Waals surface area contributed by atoms with E-state index in [1.165, 1.54) is 32.4 Å². The van der Waals surface area contributed by atoms with E-state index in [4.69, 9.17) is 0 Å². The highest BCUT2D eigenvalue weighted by molar-refractivity contribution is 14.0. The molecule has 0 aliphatic carbocycles. The quantitative estimate of drug-likeness (QED) is 0.378. The predicted molar refractivity (Wildman–Crippen MR) is 110 cm³/mol. The lowest BCUT2D eigenvalue weighted by molar-refractivity contribution is -0.128. The standard InChI is InChI=1S/C17H33N5O.HI/c1-5-19-15(23)17(2,3)13-20-16(18-4)22-11-8-14(12-22)21-9-6-7-10-21;/h14H,5-13H2,1-4H3,(H,18,20)(H,19,23);1H. The normalized spacial score (nSPS) is 22.4. The summed E-state index contributed by atoms with van der Waals surface area (Å²) >= 11 is 0. The van der Waals surface area contributed by atoms with Gasteiger partial charge in [0.2, 0.25) is 5.91 Å². The fourth-order valence-electron chi connectivity index (χ4n) is 3.45. The zero-order valence-corrected chi connectivity index (χ0v) is 17.9. The van der Waals surface area contributed by atoms with Crippen molar-refractivity contribution in [3.05, 3.63) is 0 Å². The predicted octanol–water partition coefficient (Wildman–Crippen LogP) is 1.51. The first kappa shape index (κ1) is 21.5. The number of aliphatic imine (C=N–C) groups is 1. The fraction of sp³-hybridized carbons (Fsp3) is 0.882. The molecule has 0 radical (unpaired) electrons. The van der Waals surface area contributed by atoms with Crippen molar-refractivity contribution in [2.24, 2.45) is 10.4 Å². The number of rotatable bonds is 5. The molecule has 24 heavy (non-hydrogen) atoms. The zero-order chi connectivity index (χ0) is 16.9. The van der Waals surface area contributed by atoms with Gasteiger partial charge in [0.25, 0.3) is 0 Å². The van der Waals surface area contributed by atoms with Crippen LogP contribution in [0.25, 0.3) is 0 Å². The number of guanidine groups is 1. The van der Waals surface area contributed by atoms with Gasteiger partial charge in [-0.25, -0.2) is 0 Å². The van der Waals surface area contributed by atoms with Crippen molar-refractivity contribution in [1.82, 2.24) is 20.4 Å². The lowest BCUT2D eigenvalue weighted by Crippen LogP contribution is -2.49. The highest BCUT2D eigenvalue weighted by Gasteiger charge is 2.32. The number of carbonyl (C=O) groups excluding carboxylic acids is 1. The van der Waals surface area contributed by atoms with E-state index in [-0.39, 0.29) is 29.9 Å². The SMILES string of the molecule is CCNC(=O)C(C)(C)CNC(=NC)N1CCC(N2CCCC2)C1.I. The van der Waals surface area contributed by atoms with E-state index in [0.29, 0.717) is 19.1 Å². The molecular formula is C17H34IN5O. The number of hydrogen-bond acceptors (Lipinski definition) is 3. The Hall–Kier alpha value is -0.570. The summed E-state index contributed by atoms with van der Waals surface area (Å²) in [6, 6.07) is 0.660. The van der Waals surface area contributed by atoms with Crippen molar-refractivity contribution in [3.8, 4) is 0 Å². The minimum Gasteiger partial charge on any atom is -0.356 e. The second-order valence-electron chi connectivity index (χ2n) is 7.28. The molecule has 0 aromatic rings. The third kappa shape index (κ3) is 5.47. The van der Waals surface area contributed by atoms with Crippen molar-refractivity contribution >= 4 is 35.8 Å². The Kier molecular flexibility index (Phi) is 8.76. The van der Waals surface area contributed by atoms with Crippen LogP contribution in [-0.2, 0) is 4.79 Å². The molecule has 7 heteroatoms. The Morgan fingerprint density at radius 2 is 1.88 bits per heavy atom. The van der Waals surface area contributed by atoms with Crippen LogP contribution in [0.2, 0.25) is 0 Å². The van der Waals surface area contributed by atoms with E-state index in [9.17, 15) is 4.79 Å². The molecule has 6 nitrogen and oxygen atoms in total. The molecule has 1 amide bonds. The van der Waals surface area contributed by atoms with Crippen LogP contribution in [0.3, 0.4) is 0 Å². The number of amides is 1. The molecule has 2 rings (SSSR count). The third-order valence-electron chi connectivity index (χ3n) is 4.97. The molecule has 2 heterocycles. The number of carbonyl (C=O) groups is 1. The molecule has 0 aromatic heterocycles. The van der Waals surface area contributed by atoms with Crippen LogP contribution in [0.15, 0.2) is 4.99 Å². The van der Waals surface area contributed by atoms with Crippen LogP contribution < -0.4 is 10.6 Å². The van der Waals surface area contributed by atoms with Gasteiger partial charge in [-0.05, 0) is 53.1 Å². The molecule has 2 aliphatic heterocycles. The van der Waals surface area contributed by atoms with Gasteiger partial charge in [0, 0.05) is 39.3 Å². The third-order valence-corrected chi connectivity index (χ3v) is 4.97. The first-order valence-electron chi connectivity index (χ1n) is 8.96. The maximum atomic E-state index is 12.1. The molecule has 0 spiro atoms. The van der Waals surface area contributed by atoms with Crippen LogP contribution in [0, 0.1) is 5.41 Å². The maximum Gasteiger partial charge on any atom is 0.227 e. The van der Waals surface area contributed by atoms with Crippen molar-refractivity contribution in [2.75, 3.05) is 46.3 Å². The van der Waals surface area contributed by atoms with Gasteiger partial charge < -0.3 is 15.5 Å². The first-order valence-corrected chi connectivity index (χ1v) is 8.96. The van der Waals surface area contributed by atoms with Crippen LogP contribution in [0.1, 0.15) is 40.0 Å². The summed E-state index contributed by atoms with van der Waals surface area (Å²) < 4.78 is 0. The van der Waals surface area contributed by atoms with Crippen LogP contribution >= 0.6 is 24.0 Å². The van der Waals surface area contributed by atoms with Crippen molar-refractivity contribution in [1.29, 1.82) is 0 Å². The highest BCUT2D eigenvalue weighted by atomic mass is 127. The summed E-state index contributed by atoms with van der Waals surface area (Å²) in [5, 5.41) is 6.30. The minimum atomic E-state index is -0.444. The smallest absolute Gasteiger partial charge is 0.227 e. The van der Waals surface area contributed by atoms with E-state index in [1.54, 1.807) is 0 Å². The van der Waals surface area contributed by atoms with Gasteiger partial charge in [-0.15, -0.1) is 24.0 Å². The molecule has 2 fully saturated rings. The lowest BCUT2D eigenvalue weighted by atomic mass is 9.92. The summed E-state index contributed by atoms with van der Waals surface area (Å²) in [6.45, 7) is 11.7. The highest BCUT2D eigenvalue weighted by Crippen LogP contribution is 2.21. The van der Waals surface area contributed by atoms with Gasteiger partial charge in [-0.3, -0.25) is 14.7 Å². The Labute approximate surface area is 163 Å². The van der Waals surface area contributed by atoms with E-state index in [0.717, 1.165) is 19.0 Å². The summed E-state index contributed by atoms with van der Waals surface area (Å²) in [7, 11) is 1.82. The van der Waals surface area contributed by atoms with Crippen molar-refractivity contribution in [2.45, 2.75) is 46.1 Å². The van der Waals surface area contributed by atoms with Gasteiger partial charge >= 0.3 is 0 Å². The van der Waals surface area contributed by atoms with Gasteiger partial charge in [-0.2, -0.15) is 0 Å². The van der Waals surface area contributed by atoms with Crippen molar-refractivity contribution in [3.63, 3.8) is 0 Å². The number of nitrogens with zero attached hydrogens (tertiary/aromatic N) is 3. The van der Waals surface area contributed by atoms with Gasteiger partial charge in [0.15, 0.2) is 5.96 Å².